The predicted molar refractivity (Wildman–Crippen MR) is 112 cm³/mol. The molecule has 0 unspecified atom stereocenters. The highest BCUT2D eigenvalue weighted by atomic mass is 33.1. The van der Waals surface area contributed by atoms with Crippen LogP contribution in [0.5, 0.6) is 0 Å². The molecule has 2 aromatic rings. The van der Waals surface area contributed by atoms with Gasteiger partial charge in [-0.2, -0.15) is 18.3 Å². The number of carbonyl (C=O) groups is 3. The number of alkyl halides is 3. The second-order valence-electron chi connectivity index (χ2n) is 5.83. The number of rotatable bonds is 9. The molecule has 0 bridgehead atoms. The van der Waals surface area contributed by atoms with Crippen molar-refractivity contribution in [2.75, 3.05) is 18.1 Å². The Morgan fingerprint density at radius 3 is 2.32 bits per heavy atom. The quantitative estimate of drug-likeness (QED) is 0.370. The summed E-state index contributed by atoms with van der Waals surface area (Å²) in [4.78, 5) is 31.5. The van der Waals surface area contributed by atoms with E-state index in [4.69, 9.17) is 15.0 Å². The molecule has 0 fully saturated rings. The smallest absolute Gasteiger partial charge is 0.481 e. The van der Waals surface area contributed by atoms with E-state index in [9.17, 15) is 22.8 Å². The number of halogens is 3. The summed E-state index contributed by atoms with van der Waals surface area (Å²) in [7, 11) is 4.92. The third-order valence-electron chi connectivity index (χ3n) is 3.36. The number of amides is 1. The van der Waals surface area contributed by atoms with Crippen LogP contribution in [0.2, 0.25) is 0 Å². The third kappa shape index (κ3) is 10.8. The lowest BCUT2D eigenvalue weighted by molar-refractivity contribution is -0.192. The predicted octanol–water partition coefficient (Wildman–Crippen LogP) is 3.31. The largest absolute Gasteiger partial charge is 0.490 e. The first-order chi connectivity index (χ1) is 14.5. The standard InChI is InChI=1S/C16H19N3O3S2.C2HF3O2/c1-19-11-14(10-18-19)12-3-2-4-13(9-12)16(22)17-6-8-24-23-7-5-15(20)21;3-2(4,5)1(6)7/h2-4,9-11H,5-8H2,1H3,(H,17,22)(H,20,21);(H,6,7). The second kappa shape index (κ2) is 12.9. The average molecular weight is 480 g/mol. The first kappa shape index (κ1) is 26.4. The minimum absolute atomic E-state index is 0.114. The van der Waals surface area contributed by atoms with Crippen LogP contribution >= 0.6 is 21.6 Å². The van der Waals surface area contributed by atoms with Crippen LogP contribution in [0.25, 0.3) is 11.1 Å². The van der Waals surface area contributed by atoms with Gasteiger partial charge in [0.2, 0.25) is 0 Å². The number of carboxylic acids is 2. The van der Waals surface area contributed by atoms with Gasteiger partial charge < -0.3 is 15.5 Å². The molecule has 0 spiro atoms. The summed E-state index contributed by atoms with van der Waals surface area (Å²) in [5, 5.41) is 22.7. The van der Waals surface area contributed by atoms with Crippen LogP contribution in [-0.4, -0.2) is 62.1 Å². The molecule has 0 aliphatic heterocycles. The first-order valence-electron chi connectivity index (χ1n) is 8.64. The topological polar surface area (TPSA) is 122 Å². The van der Waals surface area contributed by atoms with Gasteiger partial charge in [-0.25, -0.2) is 4.79 Å². The normalized spacial score (nSPS) is 10.7. The maximum atomic E-state index is 12.2. The van der Waals surface area contributed by atoms with Crippen molar-refractivity contribution in [1.82, 2.24) is 15.1 Å². The van der Waals surface area contributed by atoms with Crippen LogP contribution < -0.4 is 5.32 Å². The van der Waals surface area contributed by atoms with Gasteiger partial charge in [-0.3, -0.25) is 14.3 Å². The van der Waals surface area contributed by atoms with Crippen molar-refractivity contribution in [1.29, 1.82) is 0 Å². The molecule has 0 saturated heterocycles. The summed E-state index contributed by atoms with van der Waals surface area (Å²) in [6.07, 6.45) is -1.25. The highest BCUT2D eigenvalue weighted by molar-refractivity contribution is 8.76. The Bertz CT molecular complexity index is 890. The molecule has 0 aliphatic carbocycles. The number of aliphatic carboxylic acids is 2. The van der Waals surface area contributed by atoms with Gasteiger partial charge in [0.25, 0.3) is 5.91 Å². The van der Waals surface area contributed by atoms with Crippen molar-refractivity contribution < 1.29 is 37.8 Å². The second-order valence-corrected chi connectivity index (χ2v) is 8.53. The molecule has 1 amide bonds. The molecule has 0 atom stereocenters. The third-order valence-corrected chi connectivity index (χ3v) is 5.77. The van der Waals surface area contributed by atoms with E-state index in [1.165, 1.54) is 10.8 Å². The van der Waals surface area contributed by atoms with E-state index in [-0.39, 0.29) is 12.3 Å². The fourth-order valence-electron chi connectivity index (χ4n) is 1.97. The Hall–Kier alpha value is -2.67. The summed E-state index contributed by atoms with van der Waals surface area (Å²) in [6, 6.07) is 7.43. The number of aromatic nitrogens is 2. The number of aryl methyl sites for hydroxylation is 1. The zero-order valence-corrected chi connectivity index (χ0v) is 17.9. The van der Waals surface area contributed by atoms with Crippen molar-refractivity contribution in [3.05, 3.63) is 42.2 Å². The van der Waals surface area contributed by atoms with Crippen LogP contribution in [-0.2, 0) is 16.6 Å². The monoisotopic (exact) mass is 479 g/mol. The number of carboxylic acid groups (broad SMARTS) is 2. The lowest BCUT2D eigenvalue weighted by Gasteiger charge is -2.06. The van der Waals surface area contributed by atoms with Gasteiger partial charge in [-0.1, -0.05) is 33.7 Å². The number of hydrogen-bond donors (Lipinski definition) is 3. The van der Waals surface area contributed by atoms with Crippen molar-refractivity contribution in [2.45, 2.75) is 12.6 Å². The SMILES string of the molecule is Cn1cc(-c2cccc(C(=O)NCCSSCCC(=O)O)c2)cn1.O=C(O)C(F)(F)F. The van der Waals surface area contributed by atoms with Crippen LogP contribution in [0.1, 0.15) is 16.8 Å². The number of benzene rings is 1. The minimum Gasteiger partial charge on any atom is -0.481 e. The van der Waals surface area contributed by atoms with Gasteiger partial charge in [-0.05, 0) is 17.7 Å². The molecule has 13 heteroatoms. The van der Waals surface area contributed by atoms with Crippen molar-refractivity contribution >= 4 is 39.4 Å². The summed E-state index contributed by atoms with van der Waals surface area (Å²) < 4.78 is 33.5. The van der Waals surface area contributed by atoms with Crippen LogP contribution in [0, 0.1) is 0 Å². The van der Waals surface area contributed by atoms with E-state index in [0.29, 0.717) is 17.9 Å². The highest BCUT2D eigenvalue weighted by Gasteiger charge is 2.38. The minimum atomic E-state index is -5.08. The average Bonchev–Trinajstić information content (AvgIpc) is 3.13. The maximum absolute atomic E-state index is 12.2. The van der Waals surface area contributed by atoms with Crippen molar-refractivity contribution in [3.63, 3.8) is 0 Å². The van der Waals surface area contributed by atoms with Gasteiger partial charge in [0, 0.05) is 42.4 Å². The molecular formula is C18H20F3N3O5S2. The number of nitrogens with one attached hydrogen (secondary N) is 1. The molecular weight excluding hydrogens is 459 g/mol. The Kier molecular flexibility index (Phi) is 11.0. The molecule has 3 N–H and O–H groups in total. The van der Waals surface area contributed by atoms with E-state index < -0.39 is 18.1 Å². The molecule has 1 aromatic carbocycles. The van der Waals surface area contributed by atoms with Crippen molar-refractivity contribution in [2.24, 2.45) is 7.05 Å². The fraction of sp³-hybridized carbons (Fsp3) is 0.333. The number of hydrogen-bond acceptors (Lipinski definition) is 6. The summed E-state index contributed by atoms with van der Waals surface area (Å²) >= 11 is 0. The number of nitrogens with zero attached hydrogens (tertiary/aromatic N) is 2. The van der Waals surface area contributed by atoms with E-state index in [2.05, 4.69) is 10.4 Å². The van der Waals surface area contributed by atoms with Gasteiger partial charge in [0.05, 0.1) is 12.6 Å². The Morgan fingerprint density at radius 2 is 1.77 bits per heavy atom. The van der Waals surface area contributed by atoms with Crippen LogP contribution in [0.4, 0.5) is 13.2 Å². The summed E-state index contributed by atoms with van der Waals surface area (Å²) in [5.74, 6) is -2.35. The maximum Gasteiger partial charge on any atom is 0.490 e. The molecule has 0 aliphatic rings. The van der Waals surface area contributed by atoms with Gasteiger partial charge in [0.15, 0.2) is 0 Å². The van der Waals surface area contributed by atoms with Gasteiger partial charge >= 0.3 is 18.1 Å². The summed E-state index contributed by atoms with van der Waals surface area (Å²) in [6.45, 7) is 0.542. The molecule has 8 nitrogen and oxygen atoms in total. The molecule has 2 rings (SSSR count). The van der Waals surface area contributed by atoms with E-state index >= 15 is 0 Å². The molecule has 1 heterocycles. The highest BCUT2D eigenvalue weighted by Crippen LogP contribution is 2.21. The van der Waals surface area contributed by atoms with E-state index in [0.717, 1.165) is 16.9 Å². The Morgan fingerprint density at radius 1 is 1.13 bits per heavy atom. The lowest BCUT2D eigenvalue weighted by Crippen LogP contribution is -2.25. The molecule has 1 aromatic heterocycles. The Balaban J connectivity index is 0.000000592. The van der Waals surface area contributed by atoms with Crippen LogP contribution in [0.3, 0.4) is 0 Å². The first-order valence-corrected chi connectivity index (χ1v) is 11.1. The lowest BCUT2D eigenvalue weighted by atomic mass is 10.1. The Labute approximate surface area is 183 Å². The molecule has 0 radical (unpaired) electrons. The van der Waals surface area contributed by atoms with E-state index in [1.807, 2.05) is 31.4 Å². The van der Waals surface area contributed by atoms with Crippen molar-refractivity contribution in [3.8, 4) is 11.1 Å². The molecule has 0 saturated carbocycles. The zero-order valence-electron chi connectivity index (χ0n) is 16.3. The zero-order chi connectivity index (χ0) is 23.4. The van der Waals surface area contributed by atoms with Crippen LogP contribution in [0.15, 0.2) is 36.7 Å². The molecule has 170 valence electrons. The summed E-state index contributed by atoms with van der Waals surface area (Å²) in [5.41, 5.74) is 2.53. The van der Waals surface area contributed by atoms with E-state index in [1.54, 1.807) is 27.7 Å². The number of carbonyl (C=O) groups excluding carboxylic acids is 1. The fourth-order valence-corrected chi connectivity index (χ4v) is 3.85. The van der Waals surface area contributed by atoms with Gasteiger partial charge in [-0.15, -0.1) is 0 Å². The van der Waals surface area contributed by atoms with Gasteiger partial charge in [0.1, 0.15) is 0 Å². The molecule has 31 heavy (non-hydrogen) atoms.